The number of rotatable bonds is 8. The standard InChI is InChI=1S/C26H28F3N3O3/c1-17(12-24(33)34)14-32-11-10-23-20(15-32)13-30-25(31-23)18-6-8-21(9-7-18)35-16-19-4-2-3-5-22(19)26(27,28)29/h2-9,13,17,24,33-34H,10-12,14-16H2,1H3. The summed E-state index contributed by atoms with van der Waals surface area (Å²) in [5.41, 5.74) is 2.23. The van der Waals surface area contributed by atoms with E-state index < -0.39 is 18.0 Å². The van der Waals surface area contributed by atoms with Gasteiger partial charge in [-0.15, -0.1) is 0 Å². The summed E-state index contributed by atoms with van der Waals surface area (Å²) in [5.74, 6) is 1.21. The molecule has 0 saturated heterocycles. The molecule has 35 heavy (non-hydrogen) atoms. The number of fused-ring (bicyclic) bond motifs is 1. The maximum absolute atomic E-state index is 13.2. The van der Waals surface area contributed by atoms with Crippen molar-refractivity contribution in [2.24, 2.45) is 5.92 Å². The lowest BCUT2D eigenvalue weighted by molar-refractivity contribution is -0.138. The first kappa shape index (κ1) is 25.1. The van der Waals surface area contributed by atoms with Crippen LogP contribution in [0.25, 0.3) is 11.4 Å². The molecule has 0 saturated carbocycles. The summed E-state index contributed by atoms with van der Waals surface area (Å²) in [7, 11) is 0. The molecule has 0 amide bonds. The van der Waals surface area contributed by atoms with Crippen molar-refractivity contribution >= 4 is 0 Å². The number of aliphatic hydroxyl groups excluding tert-OH is 1. The van der Waals surface area contributed by atoms with Crippen molar-refractivity contribution in [1.29, 1.82) is 0 Å². The summed E-state index contributed by atoms with van der Waals surface area (Å²) >= 11 is 0. The minimum atomic E-state index is -4.43. The molecule has 1 unspecified atom stereocenters. The van der Waals surface area contributed by atoms with Crippen molar-refractivity contribution in [3.05, 3.63) is 77.1 Å². The molecule has 3 aromatic rings. The van der Waals surface area contributed by atoms with Gasteiger partial charge in [0.15, 0.2) is 12.1 Å². The van der Waals surface area contributed by atoms with E-state index in [2.05, 4.69) is 9.88 Å². The molecule has 1 aliphatic rings. The molecule has 0 fully saturated rings. The Kier molecular flexibility index (Phi) is 7.69. The first-order valence-corrected chi connectivity index (χ1v) is 11.5. The number of benzene rings is 2. The number of hydrogen-bond acceptors (Lipinski definition) is 6. The fourth-order valence-electron chi connectivity index (χ4n) is 4.33. The summed E-state index contributed by atoms with van der Waals surface area (Å²) in [4.78, 5) is 11.5. The van der Waals surface area contributed by atoms with Crippen LogP contribution in [0.3, 0.4) is 0 Å². The quantitative estimate of drug-likeness (QED) is 0.458. The lowest BCUT2D eigenvalue weighted by Gasteiger charge is -2.30. The summed E-state index contributed by atoms with van der Waals surface area (Å²) in [5, 5.41) is 18.3. The van der Waals surface area contributed by atoms with Gasteiger partial charge in [-0.25, -0.2) is 9.97 Å². The molecule has 4 rings (SSSR count). The number of aliphatic hydroxyl groups is 2. The molecule has 0 bridgehead atoms. The molecule has 0 spiro atoms. The number of nitrogens with zero attached hydrogens (tertiary/aromatic N) is 3. The highest BCUT2D eigenvalue weighted by molar-refractivity contribution is 5.56. The predicted octanol–water partition coefficient (Wildman–Crippen LogP) is 4.44. The Balaban J connectivity index is 1.38. The third-order valence-electron chi connectivity index (χ3n) is 6.03. The van der Waals surface area contributed by atoms with Crippen LogP contribution in [-0.4, -0.2) is 44.5 Å². The van der Waals surface area contributed by atoms with Gasteiger partial charge >= 0.3 is 6.18 Å². The number of hydrogen-bond donors (Lipinski definition) is 2. The average Bonchev–Trinajstić information content (AvgIpc) is 2.82. The van der Waals surface area contributed by atoms with E-state index in [0.717, 1.165) is 42.4 Å². The van der Waals surface area contributed by atoms with Gasteiger partial charge in [-0.1, -0.05) is 25.1 Å². The maximum atomic E-state index is 13.2. The molecule has 2 aromatic carbocycles. The van der Waals surface area contributed by atoms with Crippen molar-refractivity contribution < 1.29 is 28.1 Å². The molecule has 1 aliphatic heterocycles. The highest BCUT2D eigenvalue weighted by atomic mass is 19.4. The van der Waals surface area contributed by atoms with E-state index in [9.17, 15) is 13.2 Å². The summed E-state index contributed by atoms with van der Waals surface area (Å²) < 4.78 is 45.1. The van der Waals surface area contributed by atoms with Crippen LogP contribution >= 0.6 is 0 Å². The molecule has 6 nitrogen and oxygen atoms in total. The zero-order valence-corrected chi connectivity index (χ0v) is 19.4. The van der Waals surface area contributed by atoms with Gasteiger partial charge in [0, 0.05) is 55.4 Å². The van der Waals surface area contributed by atoms with E-state index in [1.165, 1.54) is 12.1 Å². The molecular formula is C26H28F3N3O3. The highest BCUT2D eigenvalue weighted by Gasteiger charge is 2.33. The first-order valence-electron chi connectivity index (χ1n) is 11.5. The lowest BCUT2D eigenvalue weighted by atomic mass is 10.0. The fourth-order valence-corrected chi connectivity index (χ4v) is 4.33. The summed E-state index contributed by atoms with van der Waals surface area (Å²) in [6, 6.07) is 12.4. The highest BCUT2D eigenvalue weighted by Crippen LogP contribution is 2.32. The first-order chi connectivity index (χ1) is 16.7. The van der Waals surface area contributed by atoms with Gasteiger partial charge in [0.1, 0.15) is 12.4 Å². The maximum Gasteiger partial charge on any atom is 0.416 e. The van der Waals surface area contributed by atoms with Gasteiger partial charge in [0.2, 0.25) is 0 Å². The molecule has 0 radical (unpaired) electrons. The molecule has 0 aliphatic carbocycles. The van der Waals surface area contributed by atoms with Gasteiger partial charge in [0.05, 0.1) is 11.3 Å². The zero-order valence-electron chi connectivity index (χ0n) is 19.4. The predicted molar refractivity (Wildman–Crippen MR) is 124 cm³/mol. The van der Waals surface area contributed by atoms with E-state index in [4.69, 9.17) is 19.9 Å². The molecule has 1 atom stereocenters. The summed E-state index contributed by atoms with van der Waals surface area (Å²) in [6.45, 7) is 4.14. The van der Waals surface area contributed by atoms with Crippen LogP contribution in [-0.2, 0) is 25.7 Å². The Labute approximate surface area is 202 Å². The second-order valence-corrected chi connectivity index (χ2v) is 8.94. The van der Waals surface area contributed by atoms with Crippen molar-refractivity contribution in [1.82, 2.24) is 14.9 Å². The van der Waals surface area contributed by atoms with Gasteiger partial charge in [-0.3, -0.25) is 4.90 Å². The van der Waals surface area contributed by atoms with E-state index >= 15 is 0 Å². The Morgan fingerprint density at radius 2 is 1.83 bits per heavy atom. The van der Waals surface area contributed by atoms with E-state index in [1.807, 2.05) is 13.1 Å². The number of alkyl halides is 3. The van der Waals surface area contributed by atoms with Crippen LogP contribution in [0.15, 0.2) is 54.7 Å². The van der Waals surface area contributed by atoms with Crippen LogP contribution in [0.5, 0.6) is 5.75 Å². The normalized spacial score (nSPS) is 15.2. The SMILES string of the molecule is CC(CC(O)O)CN1CCc2nc(-c3ccc(OCc4ccccc4C(F)(F)F)cc3)ncc2C1. The molecule has 9 heteroatoms. The summed E-state index contributed by atoms with van der Waals surface area (Å²) in [6.07, 6.45) is -2.77. The second kappa shape index (κ2) is 10.7. The van der Waals surface area contributed by atoms with Crippen LogP contribution in [0, 0.1) is 5.92 Å². The van der Waals surface area contributed by atoms with Gasteiger partial charge in [-0.05, 0) is 36.2 Å². The molecule has 186 valence electrons. The fraction of sp³-hybridized carbons (Fsp3) is 0.385. The molecular weight excluding hydrogens is 459 g/mol. The molecule has 2 heterocycles. The Morgan fingerprint density at radius 1 is 1.09 bits per heavy atom. The van der Waals surface area contributed by atoms with Crippen LogP contribution in [0.4, 0.5) is 13.2 Å². The smallest absolute Gasteiger partial charge is 0.416 e. The minimum Gasteiger partial charge on any atom is -0.489 e. The zero-order chi connectivity index (χ0) is 25.0. The van der Waals surface area contributed by atoms with Crippen molar-refractivity contribution in [2.75, 3.05) is 13.1 Å². The number of aromatic nitrogens is 2. The van der Waals surface area contributed by atoms with Gasteiger partial charge < -0.3 is 14.9 Å². The topological polar surface area (TPSA) is 78.7 Å². The van der Waals surface area contributed by atoms with Crippen molar-refractivity contribution in [2.45, 2.75) is 45.4 Å². The monoisotopic (exact) mass is 487 g/mol. The lowest BCUT2D eigenvalue weighted by Crippen LogP contribution is -2.35. The third kappa shape index (κ3) is 6.56. The Morgan fingerprint density at radius 3 is 2.54 bits per heavy atom. The van der Waals surface area contributed by atoms with Crippen molar-refractivity contribution in [3.8, 4) is 17.1 Å². The van der Waals surface area contributed by atoms with Crippen LogP contribution in [0.2, 0.25) is 0 Å². The van der Waals surface area contributed by atoms with Gasteiger partial charge in [0.25, 0.3) is 0 Å². The third-order valence-corrected chi connectivity index (χ3v) is 6.03. The minimum absolute atomic E-state index is 0.0815. The number of ether oxygens (including phenoxy) is 1. The van der Waals surface area contributed by atoms with Crippen molar-refractivity contribution in [3.63, 3.8) is 0 Å². The second-order valence-electron chi connectivity index (χ2n) is 8.94. The van der Waals surface area contributed by atoms with E-state index in [-0.39, 0.29) is 18.1 Å². The average molecular weight is 488 g/mol. The van der Waals surface area contributed by atoms with Gasteiger partial charge in [-0.2, -0.15) is 13.2 Å². The Bertz CT molecular complexity index is 1140. The molecule has 2 N–H and O–H groups in total. The van der Waals surface area contributed by atoms with E-state index in [1.54, 1.807) is 30.3 Å². The van der Waals surface area contributed by atoms with Crippen LogP contribution in [0.1, 0.15) is 35.7 Å². The Hall–Kier alpha value is -3.01. The largest absolute Gasteiger partial charge is 0.489 e. The van der Waals surface area contributed by atoms with E-state index in [0.29, 0.717) is 24.5 Å². The number of halogens is 3. The van der Waals surface area contributed by atoms with Crippen LogP contribution < -0.4 is 4.74 Å². The molecule has 1 aromatic heterocycles.